The highest BCUT2D eigenvalue weighted by molar-refractivity contribution is 8.19. The second-order valence-electron chi connectivity index (χ2n) is 4.63. The van der Waals surface area contributed by atoms with Gasteiger partial charge >= 0.3 is 0 Å². The lowest BCUT2D eigenvalue weighted by Gasteiger charge is -2.12. The molecule has 0 atom stereocenters. The Morgan fingerprint density at radius 2 is 1.83 bits per heavy atom. The molecule has 2 aromatic carbocycles. The number of imide groups is 1. The topological polar surface area (TPSA) is 37.4 Å². The van der Waals surface area contributed by atoms with Gasteiger partial charge in [0.15, 0.2) is 0 Å². The van der Waals surface area contributed by atoms with Gasteiger partial charge in [-0.25, -0.2) is 9.29 Å². The van der Waals surface area contributed by atoms with Crippen molar-refractivity contribution < 1.29 is 14.0 Å². The van der Waals surface area contributed by atoms with Crippen LogP contribution in [0.5, 0.6) is 0 Å². The number of carbonyl (C=O) groups excluding carboxylic acids is 2. The summed E-state index contributed by atoms with van der Waals surface area (Å²) in [6.07, 6.45) is 1.28. The second-order valence-corrected chi connectivity index (χ2v) is 6.47. The average molecular weight is 368 g/mol. The van der Waals surface area contributed by atoms with Crippen LogP contribution in [0.3, 0.4) is 0 Å². The SMILES string of the molecule is O=C1S/C(=C/c2c(F)cccc2Cl)C(=O)N1c1cccc(Cl)c1. The van der Waals surface area contributed by atoms with E-state index in [0.717, 1.165) is 16.7 Å². The standard InChI is InChI=1S/C16H8Cl2FNO2S/c17-9-3-1-4-10(7-9)20-15(21)14(23-16(20)22)8-11-12(18)5-2-6-13(11)19/h1-8H/b14-8+. The summed E-state index contributed by atoms with van der Waals surface area (Å²) >= 11 is 12.6. The quantitative estimate of drug-likeness (QED) is 0.669. The molecule has 1 aliphatic rings. The Morgan fingerprint density at radius 1 is 1.09 bits per heavy atom. The Hall–Kier alpha value is -1.82. The summed E-state index contributed by atoms with van der Waals surface area (Å²) in [5.74, 6) is -1.10. The molecule has 0 aliphatic carbocycles. The highest BCUT2D eigenvalue weighted by atomic mass is 35.5. The molecule has 2 aromatic rings. The van der Waals surface area contributed by atoms with Crippen molar-refractivity contribution in [3.05, 3.63) is 68.8 Å². The van der Waals surface area contributed by atoms with E-state index in [9.17, 15) is 14.0 Å². The Bertz CT molecular complexity index is 833. The fourth-order valence-electron chi connectivity index (χ4n) is 2.09. The van der Waals surface area contributed by atoms with Gasteiger partial charge in [0.25, 0.3) is 11.1 Å². The van der Waals surface area contributed by atoms with Crippen LogP contribution in [0, 0.1) is 5.82 Å². The van der Waals surface area contributed by atoms with E-state index in [2.05, 4.69) is 0 Å². The van der Waals surface area contributed by atoms with Crippen LogP contribution in [0.1, 0.15) is 5.56 Å². The van der Waals surface area contributed by atoms with Gasteiger partial charge in [-0.2, -0.15) is 0 Å². The summed E-state index contributed by atoms with van der Waals surface area (Å²) in [6.45, 7) is 0. The molecule has 1 fully saturated rings. The maximum absolute atomic E-state index is 13.8. The fourth-order valence-corrected chi connectivity index (χ4v) is 3.31. The summed E-state index contributed by atoms with van der Waals surface area (Å²) in [5.41, 5.74) is 0.439. The number of hydrogen-bond donors (Lipinski definition) is 0. The second kappa shape index (κ2) is 6.35. The lowest BCUT2D eigenvalue weighted by atomic mass is 10.2. The van der Waals surface area contributed by atoms with Gasteiger partial charge in [-0.05, 0) is 48.2 Å². The van der Waals surface area contributed by atoms with Gasteiger partial charge in [-0.3, -0.25) is 9.59 Å². The fraction of sp³-hybridized carbons (Fsp3) is 0. The van der Waals surface area contributed by atoms with Gasteiger partial charge < -0.3 is 0 Å². The molecule has 7 heteroatoms. The van der Waals surface area contributed by atoms with Crippen molar-refractivity contribution in [1.29, 1.82) is 0 Å². The molecule has 3 nitrogen and oxygen atoms in total. The van der Waals surface area contributed by atoms with Crippen LogP contribution in [0.25, 0.3) is 6.08 Å². The zero-order valence-corrected chi connectivity index (χ0v) is 13.8. The molecule has 3 rings (SSSR count). The molecule has 0 radical (unpaired) electrons. The first-order valence-electron chi connectivity index (χ1n) is 6.45. The molecule has 23 heavy (non-hydrogen) atoms. The van der Waals surface area contributed by atoms with E-state index in [1.165, 1.54) is 30.3 Å². The van der Waals surface area contributed by atoms with E-state index in [-0.39, 0.29) is 15.5 Å². The first-order chi connectivity index (χ1) is 11.0. The van der Waals surface area contributed by atoms with Gasteiger partial charge in [0.05, 0.1) is 15.6 Å². The van der Waals surface area contributed by atoms with Crippen LogP contribution in [0.2, 0.25) is 10.0 Å². The predicted octanol–water partition coefficient (Wildman–Crippen LogP) is 5.37. The third-order valence-electron chi connectivity index (χ3n) is 3.14. The van der Waals surface area contributed by atoms with Crippen LogP contribution in [0.15, 0.2) is 47.4 Å². The molecular formula is C16H8Cl2FNO2S. The van der Waals surface area contributed by atoms with Crippen LogP contribution >= 0.6 is 35.0 Å². The lowest BCUT2D eigenvalue weighted by molar-refractivity contribution is -0.113. The Balaban J connectivity index is 2.00. The molecule has 1 heterocycles. The molecule has 1 saturated heterocycles. The molecule has 0 N–H and O–H groups in total. The summed E-state index contributed by atoms with van der Waals surface area (Å²) in [5, 5.41) is 0.0956. The lowest BCUT2D eigenvalue weighted by Crippen LogP contribution is -2.27. The van der Waals surface area contributed by atoms with E-state index < -0.39 is 17.0 Å². The zero-order valence-electron chi connectivity index (χ0n) is 11.4. The summed E-state index contributed by atoms with van der Waals surface area (Å²) in [4.78, 5) is 25.7. The third-order valence-corrected chi connectivity index (χ3v) is 4.57. The molecule has 0 aromatic heterocycles. The van der Waals surface area contributed by atoms with Crippen LogP contribution < -0.4 is 4.90 Å². The number of halogens is 3. The number of rotatable bonds is 2. The smallest absolute Gasteiger partial charge is 0.268 e. The molecule has 0 unspecified atom stereocenters. The van der Waals surface area contributed by atoms with Gasteiger partial charge in [0.2, 0.25) is 0 Å². The van der Waals surface area contributed by atoms with E-state index in [0.29, 0.717) is 10.7 Å². The van der Waals surface area contributed by atoms with Crippen molar-refractivity contribution in [3.63, 3.8) is 0 Å². The number of anilines is 1. The normalized spacial score (nSPS) is 16.5. The van der Waals surface area contributed by atoms with Gasteiger partial charge in [0, 0.05) is 10.6 Å². The van der Waals surface area contributed by atoms with Gasteiger partial charge in [0.1, 0.15) is 5.82 Å². The van der Waals surface area contributed by atoms with E-state index >= 15 is 0 Å². The van der Waals surface area contributed by atoms with Crippen LogP contribution in [-0.2, 0) is 4.79 Å². The third kappa shape index (κ3) is 3.13. The van der Waals surface area contributed by atoms with Crippen molar-refractivity contribution in [2.45, 2.75) is 0 Å². The molecule has 116 valence electrons. The largest absolute Gasteiger partial charge is 0.298 e. The van der Waals surface area contributed by atoms with Crippen molar-refractivity contribution >= 4 is 57.9 Å². The van der Waals surface area contributed by atoms with E-state index in [1.54, 1.807) is 18.2 Å². The number of amides is 2. The minimum absolute atomic E-state index is 0.0748. The van der Waals surface area contributed by atoms with Crippen molar-refractivity contribution in [3.8, 4) is 0 Å². The number of thioether (sulfide) groups is 1. The summed E-state index contributed by atoms with van der Waals surface area (Å²) in [6, 6.07) is 10.6. The minimum atomic E-state index is -0.563. The molecule has 0 spiro atoms. The number of nitrogens with zero attached hydrogens (tertiary/aromatic N) is 1. The molecular weight excluding hydrogens is 360 g/mol. The first kappa shape index (κ1) is 16.1. The predicted molar refractivity (Wildman–Crippen MR) is 91.3 cm³/mol. The zero-order chi connectivity index (χ0) is 16.6. The number of hydrogen-bond acceptors (Lipinski definition) is 3. The molecule has 2 amide bonds. The van der Waals surface area contributed by atoms with E-state index in [4.69, 9.17) is 23.2 Å². The Kier molecular flexibility index (Phi) is 4.43. The highest BCUT2D eigenvalue weighted by Gasteiger charge is 2.36. The number of carbonyl (C=O) groups is 2. The molecule has 1 aliphatic heterocycles. The van der Waals surface area contributed by atoms with Crippen molar-refractivity contribution in [1.82, 2.24) is 0 Å². The first-order valence-corrected chi connectivity index (χ1v) is 8.02. The van der Waals surface area contributed by atoms with Crippen molar-refractivity contribution in [2.24, 2.45) is 0 Å². The monoisotopic (exact) mass is 367 g/mol. The maximum atomic E-state index is 13.8. The van der Waals surface area contributed by atoms with Gasteiger partial charge in [-0.15, -0.1) is 0 Å². The minimum Gasteiger partial charge on any atom is -0.268 e. The Morgan fingerprint density at radius 3 is 2.52 bits per heavy atom. The van der Waals surface area contributed by atoms with Crippen LogP contribution in [0.4, 0.5) is 14.9 Å². The molecule has 0 saturated carbocycles. The van der Waals surface area contributed by atoms with Gasteiger partial charge in [-0.1, -0.05) is 35.3 Å². The maximum Gasteiger partial charge on any atom is 0.298 e. The average Bonchev–Trinajstić information content (AvgIpc) is 2.77. The Labute approximate surface area is 145 Å². The highest BCUT2D eigenvalue weighted by Crippen LogP contribution is 2.37. The van der Waals surface area contributed by atoms with Crippen molar-refractivity contribution in [2.75, 3.05) is 4.90 Å². The summed E-state index contributed by atoms with van der Waals surface area (Å²) in [7, 11) is 0. The van der Waals surface area contributed by atoms with E-state index in [1.807, 2.05) is 0 Å². The van der Waals surface area contributed by atoms with Crippen LogP contribution in [-0.4, -0.2) is 11.1 Å². The molecule has 0 bridgehead atoms. The number of benzene rings is 2. The summed E-state index contributed by atoms with van der Waals surface area (Å²) < 4.78 is 13.8.